The quantitative estimate of drug-likeness (QED) is 0.787. The predicted octanol–water partition coefficient (Wildman–Crippen LogP) is 4.29. The Morgan fingerprint density at radius 3 is 2.82 bits per heavy atom. The van der Waals surface area contributed by atoms with Crippen molar-refractivity contribution in [2.24, 2.45) is 0 Å². The van der Waals surface area contributed by atoms with Crippen molar-refractivity contribution in [2.45, 2.75) is 13.5 Å². The number of halogens is 1. The highest BCUT2D eigenvalue weighted by Gasteiger charge is 2.06. The normalized spacial score (nSPS) is 10.2. The summed E-state index contributed by atoms with van der Waals surface area (Å²) in [6.07, 6.45) is 0. The van der Waals surface area contributed by atoms with Crippen LogP contribution in [-0.2, 0) is 6.61 Å². The van der Waals surface area contributed by atoms with E-state index in [1.165, 1.54) is 4.88 Å². The number of hydrogen-bond acceptors (Lipinski definition) is 3. The predicted molar refractivity (Wildman–Crippen MR) is 72.8 cm³/mol. The fourth-order valence-corrected chi connectivity index (χ4v) is 2.49. The molecule has 1 aromatic heterocycles. The minimum absolute atomic E-state index is 0.0514. The SMILES string of the molecule is CC(=O)c1ccc(OCc2cccs2)c(Br)c1. The van der Waals surface area contributed by atoms with E-state index in [0.717, 1.165) is 10.2 Å². The zero-order valence-corrected chi connectivity index (χ0v) is 11.7. The van der Waals surface area contributed by atoms with Gasteiger partial charge < -0.3 is 4.74 Å². The molecule has 2 nitrogen and oxygen atoms in total. The van der Waals surface area contributed by atoms with Gasteiger partial charge in [0.2, 0.25) is 0 Å². The molecule has 17 heavy (non-hydrogen) atoms. The molecule has 0 bridgehead atoms. The number of ether oxygens (including phenoxy) is 1. The number of hydrogen-bond donors (Lipinski definition) is 0. The van der Waals surface area contributed by atoms with Gasteiger partial charge in [-0.1, -0.05) is 6.07 Å². The number of thiophene rings is 1. The smallest absolute Gasteiger partial charge is 0.159 e. The maximum absolute atomic E-state index is 11.2. The van der Waals surface area contributed by atoms with Crippen LogP contribution in [0.3, 0.4) is 0 Å². The lowest BCUT2D eigenvalue weighted by Crippen LogP contribution is -1.96. The van der Waals surface area contributed by atoms with Gasteiger partial charge >= 0.3 is 0 Å². The second-order valence-corrected chi connectivity index (χ2v) is 5.46. The van der Waals surface area contributed by atoms with Gasteiger partial charge in [-0.15, -0.1) is 11.3 Å². The van der Waals surface area contributed by atoms with Crippen molar-refractivity contribution in [3.05, 3.63) is 50.6 Å². The third kappa shape index (κ3) is 3.17. The first-order chi connectivity index (χ1) is 8.16. The van der Waals surface area contributed by atoms with E-state index in [2.05, 4.69) is 15.9 Å². The maximum atomic E-state index is 11.2. The molecule has 0 saturated carbocycles. The third-order valence-electron chi connectivity index (χ3n) is 2.29. The summed E-state index contributed by atoms with van der Waals surface area (Å²) in [6.45, 7) is 2.10. The van der Waals surface area contributed by atoms with Crippen LogP contribution in [0.5, 0.6) is 5.75 Å². The molecule has 0 saturated heterocycles. The van der Waals surface area contributed by atoms with E-state index in [1.807, 2.05) is 23.6 Å². The second kappa shape index (κ2) is 5.47. The number of rotatable bonds is 4. The molecule has 0 unspecified atom stereocenters. The average Bonchev–Trinajstić information content (AvgIpc) is 2.80. The van der Waals surface area contributed by atoms with Crippen LogP contribution in [0, 0.1) is 0 Å². The molecule has 1 aromatic carbocycles. The Labute approximate surface area is 112 Å². The fraction of sp³-hybridized carbons (Fsp3) is 0.154. The summed E-state index contributed by atoms with van der Waals surface area (Å²) in [4.78, 5) is 12.4. The Morgan fingerprint density at radius 2 is 2.24 bits per heavy atom. The molecule has 1 heterocycles. The third-order valence-corrected chi connectivity index (χ3v) is 3.76. The summed E-state index contributed by atoms with van der Waals surface area (Å²) < 4.78 is 6.48. The summed E-state index contributed by atoms with van der Waals surface area (Å²) in [7, 11) is 0. The molecule has 2 aromatic rings. The first-order valence-electron chi connectivity index (χ1n) is 5.12. The van der Waals surface area contributed by atoms with Gasteiger partial charge in [-0.2, -0.15) is 0 Å². The van der Waals surface area contributed by atoms with Crippen molar-refractivity contribution in [3.63, 3.8) is 0 Å². The Balaban J connectivity index is 2.09. The van der Waals surface area contributed by atoms with Crippen LogP contribution in [0.15, 0.2) is 40.2 Å². The molecule has 0 fully saturated rings. The molecular weight excluding hydrogens is 300 g/mol. The molecule has 0 N–H and O–H groups in total. The van der Waals surface area contributed by atoms with E-state index < -0.39 is 0 Å². The molecule has 0 amide bonds. The molecule has 0 aliphatic heterocycles. The number of benzene rings is 1. The Kier molecular flexibility index (Phi) is 3.97. The fourth-order valence-electron chi connectivity index (χ4n) is 1.38. The summed E-state index contributed by atoms with van der Waals surface area (Å²) in [5.41, 5.74) is 0.681. The van der Waals surface area contributed by atoms with Gasteiger partial charge in [0.25, 0.3) is 0 Å². The van der Waals surface area contributed by atoms with E-state index in [9.17, 15) is 4.79 Å². The van der Waals surface area contributed by atoms with Gasteiger partial charge in [0.1, 0.15) is 12.4 Å². The summed E-state index contributed by atoms with van der Waals surface area (Å²) in [5.74, 6) is 0.805. The van der Waals surface area contributed by atoms with E-state index >= 15 is 0 Å². The zero-order chi connectivity index (χ0) is 12.3. The molecule has 2 rings (SSSR count). The average molecular weight is 311 g/mol. The van der Waals surface area contributed by atoms with Gasteiger partial charge in [0.15, 0.2) is 5.78 Å². The van der Waals surface area contributed by atoms with Crippen molar-refractivity contribution in [3.8, 4) is 5.75 Å². The molecule has 0 atom stereocenters. The summed E-state index contributed by atoms with van der Waals surface area (Å²) in [5, 5.41) is 2.02. The van der Waals surface area contributed by atoms with E-state index in [-0.39, 0.29) is 5.78 Å². The van der Waals surface area contributed by atoms with Crippen LogP contribution >= 0.6 is 27.3 Å². The highest BCUT2D eigenvalue weighted by atomic mass is 79.9. The maximum Gasteiger partial charge on any atom is 0.159 e. The number of carbonyl (C=O) groups is 1. The largest absolute Gasteiger partial charge is 0.487 e. The Hall–Kier alpha value is -1.13. The lowest BCUT2D eigenvalue weighted by Gasteiger charge is -2.07. The number of carbonyl (C=O) groups excluding carboxylic acids is 1. The second-order valence-electron chi connectivity index (χ2n) is 3.57. The monoisotopic (exact) mass is 310 g/mol. The molecule has 0 aliphatic rings. The van der Waals surface area contributed by atoms with Gasteiger partial charge in [-0.25, -0.2) is 0 Å². The topological polar surface area (TPSA) is 26.3 Å². The van der Waals surface area contributed by atoms with Crippen molar-refractivity contribution in [1.82, 2.24) is 0 Å². The van der Waals surface area contributed by atoms with Crippen LogP contribution < -0.4 is 4.74 Å². The molecule has 0 radical (unpaired) electrons. The Bertz CT molecular complexity index is 520. The van der Waals surface area contributed by atoms with Crippen molar-refractivity contribution >= 4 is 33.0 Å². The number of ketones is 1. The van der Waals surface area contributed by atoms with Gasteiger partial charge in [-0.05, 0) is 52.5 Å². The van der Waals surface area contributed by atoms with Crippen molar-refractivity contribution < 1.29 is 9.53 Å². The summed E-state index contributed by atoms with van der Waals surface area (Å²) >= 11 is 5.07. The molecule has 0 spiro atoms. The van der Waals surface area contributed by atoms with Crippen LogP contribution in [-0.4, -0.2) is 5.78 Å². The van der Waals surface area contributed by atoms with Crippen LogP contribution in [0.25, 0.3) is 0 Å². The van der Waals surface area contributed by atoms with E-state index in [4.69, 9.17) is 4.74 Å². The van der Waals surface area contributed by atoms with Crippen LogP contribution in [0.2, 0.25) is 0 Å². The lowest BCUT2D eigenvalue weighted by molar-refractivity contribution is 0.101. The standard InChI is InChI=1S/C13H11BrO2S/c1-9(15)10-4-5-13(12(14)7-10)16-8-11-3-2-6-17-11/h2-7H,8H2,1H3. The first kappa shape index (κ1) is 12.3. The van der Waals surface area contributed by atoms with E-state index in [0.29, 0.717) is 12.2 Å². The molecule has 88 valence electrons. The Morgan fingerprint density at radius 1 is 1.41 bits per heavy atom. The van der Waals surface area contributed by atoms with Crippen LogP contribution in [0.4, 0.5) is 0 Å². The molecule has 0 aliphatic carbocycles. The van der Waals surface area contributed by atoms with Crippen LogP contribution in [0.1, 0.15) is 22.2 Å². The van der Waals surface area contributed by atoms with Gasteiger partial charge in [0.05, 0.1) is 4.47 Å². The molecular formula is C13H11BrO2S. The summed E-state index contributed by atoms with van der Waals surface area (Å²) in [6, 6.07) is 9.40. The number of Topliss-reactive ketones (excluding diaryl/α,β-unsaturated/α-hetero) is 1. The minimum atomic E-state index is 0.0514. The minimum Gasteiger partial charge on any atom is -0.487 e. The molecule has 4 heteroatoms. The highest BCUT2D eigenvalue weighted by molar-refractivity contribution is 9.10. The van der Waals surface area contributed by atoms with Gasteiger partial charge in [-0.3, -0.25) is 4.79 Å². The van der Waals surface area contributed by atoms with Crippen molar-refractivity contribution in [1.29, 1.82) is 0 Å². The van der Waals surface area contributed by atoms with Gasteiger partial charge in [0, 0.05) is 10.4 Å². The highest BCUT2D eigenvalue weighted by Crippen LogP contribution is 2.27. The van der Waals surface area contributed by atoms with E-state index in [1.54, 1.807) is 30.4 Å². The lowest BCUT2D eigenvalue weighted by atomic mass is 10.1. The first-order valence-corrected chi connectivity index (χ1v) is 6.80. The zero-order valence-electron chi connectivity index (χ0n) is 9.27. The van der Waals surface area contributed by atoms with Crippen molar-refractivity contribution in [2.75, 3.05) is 0 Å².